The highest BCUT2D eigenvalue weighted by atomic mass is 15.1. The van der Waals surface area contributed by atoms with Crippen molar-refractivity contribution in [1.29, 1.82) is 0 Å². The van der Waals surface area contributed by atoms with Gasteiger partial charge >= 0.3 is 0 Å². The van der Waals surface area contributed by atoms with Gasteiger partial charge in [-0.05, 0) is 27.0 Å². The minimum Gasteiger partial charge on any atom is -0.372 e. The molecule has 0 saturated heterocycles. The maximum absolute atomic E-state index is 4.56. The third-order valence-corrected chi connectivity index (χ3v) is 1.90. The molecule has 0 bridgehead atoms. The number of hydrogen-bond donors (Lipinski definition) is 0. The van der Waals surface area contributed by atoms with Crippen LogP contribution in [0.25, 0.3) is 0 Å². The molecule has 0 aliphatic carbocycles. The molecule has 0 aromatic rings. The molecular formula is C10H18N2. The summed E-state index contributed by atoms with van der Waals surface area (Å²) in [7, 11) is 0. The van der Waals surface area contributed by atoms with Crippen LogP contribution in [-0.2, 0) is 0 Å². The van der Waals surface area contributed by atoms with E-state index in [-0.39, 0.29) is 0 Å². The summed E-state index contributed by atoms with van der Waals surface area (Å²) >= 11 is 0. The molecule has 1 rings (SSSR count). The summed E-state index contributed by atoms with van der Waals surface area (Å²) in [6.45, 7) is 8.52. The average molecular weight is 166 g/mol. The molecule has 2 nitrogen and oxygen atoms in total. The summed E-state index contributed by atoms with van der Waals surface area (Å²) in [5.74, 6) is 0. The van der Waals surface area contributed by atoms with Gasteiger partial charge in [0, 0.05) is 24.7 Å². The van der Waals surface area contributed by atoms with E-state index >= 15 is 0 Å². The van der Waals surface area contributed by atoms with E-state index in [1.807, 2.05) is 0 Å². The first-order valence-electron chi connectivity index (χ1n) is 4.68. The minimum atomic E-state index is 0.435. The molecule has 0 amide bonds. The van der Waals surface area contributed by atoms with Crippen molar-refractivity contribution in [1.82, 2.24) is 4.90 Å². The predicted octanol–water partition coefficient (Wildman–Crippen LogP) is 2.08. The lowest BCUT2D eigenvalue weighted by Gasteiger charge is -2.23. The number of aliphatic imine (C=N–C) groups is 1. The maximum Gasteiger partial charge on any atom is 0.0555 e. The highest BCUT2D eigenvalue weighted by Gasteiger charge is 2.07. The van der Waals surface area contributed by atoms with Crippen molar-refractivity contribution in [3.63, 3.8) is 0 Å². The predicted molar refractivity (Wildman–Crippen MR) is 53.6 cm³/mol. The molecule has 0 saturated carbocycles. The molecule has 1 aliphatic rings. The Labute approximate surface area is 75.0 Å². The summed E-state index contributed by atoms with van der Waals surface area (Å²) in [6.07, 6.45) is 5.39. The van der Waals surface area contributed by atoms with E-state index in [1.54, 1.807) is 0 Å². The Hall–Kier alpha value is -0.790. The van der Waals surface area contributed by atoms with Crippen LogP contribution in [0.1, 0.15) is 27.2 Å². The molecule has 0 atom stereocenters. The Morgan fingerprint density at radius 3 is 2.92 bits per heavy atom. The summed E-state index contributed by atoms with van der Waals surface area (Å²) in [4.78, 5) is 6.84. The molecule has 2 heteroatoms. The molecular weight excluding hydrogens is 148 g/mol. The van der Waals surface area contributed by atoms with Crippen LogP contribution in [0.3, 0.4) is 0 Å². The van der Waals surface area contributed by atoms with Crippen LogP contribution in [-0.4, -0.2) is 29.7 Å². The topological polar surface area (TPSA) is 15.6 Å². The standard InChI is InChI=1S/C10H18N2/c1-4-12-7-5-6-10(8-12)11-9(2)3/h5,7,9H,4,6,8H2,1-3H3. The summed E-state index contributed by atoms with van der Waals surface area (Å²) in [5, 5.41) is 0. The quantitative estimate of drug-likeness (QED) is 0.613. The van der Waals surface area contributed by atoms with Crippen molar-refractivity contribution < 1.29 is 0 Å². The monoisotopic (exact) mass is 166 g/mol. The van der Waals surface area contributed by atoms with E-state index in [2.05, 4.69) is 42.9 Å². The lowest BCUT2D eigenvalue weighted by molar-refractivity contribution is 0.441. The minimum absolute atomic E-state index is 0.435. The van der Waals surface area contributed by atoms with Crippen LogP contribution in [0, 0.1) is 0 Å². The van der Waals surface area contributed by atoms with E-state index in [9.17, 15) is 0 Å². The molecule has 0 spiro atoms. The smallest absolute Gasteiger partial charge is 0.0555 e. The Balaban J connectivity index is 2.55. The SMILES string of the molecule is CCN1C=CCC(=NC(C)C)C1. The van der Waals surface area contributed by atoms with Gasteiger partial charge in [0.1, 0.15) is 0 Å². The summed E-state index contributed by atoms with van der Waals surface area (Å²) < 4.78 is 0. The van der Waals surface area contributed by atoms with Crippen molar-refractivity contribution in [3.8, 4) is 0 Å². The first-order chi connectivity index (χ1) is 5.72. The average Bonchev–Trinajstić information content (AvgIpc) is 2.03. The second-order valence-corrected chi connectivity index (χ2v) is 3.44. The second kappa shape index (κ2) is 4.29. The van der Waals surface area contributed by atoms with Crippen LogP contribution in [0.2, 0.25) is 0 Å². The number of rotatable bonds is 2. The fourth-order valence-corrected chi connectivity index (χ4v) is 1.37. The van der Waals surface area contributed by atoms with Crippen LogP contribution >= 0.6 is 0 Å². The zero-order chi connectivity index (χ0) is 8.97. The van der Waals surface area contributed by atoms with E-state index < -0.39 is 0 Å². The Bertz CT molecular complexity index is 192. The molecule has 68 valence electrons. The number of hydrogen-bond acceptors (Lipinski definition) is 2. The fraction of sp³-hybridized carbons (Fsp3) is 0.700. The highest BCUT2D eigenvalue weighted by Crippen LogP contribution is 2.05. The summed E-state index contributed by atoms with van der Waals surface area (Å²) in [5.41, 5.74) is 1.31. The first-order valence-corrected chi connectivity index (χ1v) is 4.68. The van der Waals surface area contributed by atoms with E-state index in [4.69, 9.17) is 0 Å². The van der Waals surface area contributed by atoms with Crippen LogP contribution in [0.5, 0.6) is 0 Å². The van der Waals surface area contributed by atoms with Gasteiger partial charge in [0.05, 0.1) is 6.54 Å². The van der Waals surface area contributed by atoms with E-state index in [0.29, 0.717) is 6.04 Å². The van der Waals surface area contributed by atoms with E-state index in [1.165, 1.54) is 5.71 Å². The lowest BCUT2D eigenvalue weighted by Crippen LogP contribution is -2.28. The van der Waals surface area contributed by atoms with Gasteiger partial charge in [-0.1, -0.05) is 6.08 Å². The molecule has 1 aliphatic heterocycles. The van der Waals surface area contributed by atoms with Crippen LogP contribution in [0.15, 0.2) is 17.3 Å². The maximum atomic E-state index is 4.56. The molecule has 0 aromatic heterocycles. The van der Waals surface area contributed by atoms with Gasteiger partial charge in [0.15, 0.2) is 0 Å². The third-order valence-electron chi connectivity index (χ3n) is 1.90. The van der Waals surface area contributed by atoms with Gasteiger partial charge in [-0.3, -0.25) is 4.99 Å². The van der Waals surface area contributed by atoms with Crippen molar-refractivity contribution >= 4 is 5.71 Å². The van der Waals surface area contributed by atoms with Gasteiger partial charge < -0.3 is 4.90 Å². The Morgan fingerprint density at radius 2 is 2.33 bits per heavy atom. The highest BCUT2D eigenvalue weighted by molar-refractivity contribution is 5.88. The zero-order valence-electron chi connectivity index (χ0n) is 8.25. The molecule has 0 radical (unpaired) electrons. The molecule has 12 heavy (non-hydrogen) atoms. The molecule has 0 fully saturated rings. The Kier molecular flexibility index (Phi) is 3.32. The van der Waals surface area contributed by atoms with Crippen molar-refractivity contribution in [2.45, 2.75) is 33.2 Å². The lowest BCUT2D eigenvalue weighted by atomic mass is 10.2. The molecule has 1 heterocycles. The van der Waals surface area contributed by atoms with Gasteiger partial charge in [-0.15, -0.1) is 0 Å². The van der Waals surface area contributed by atoms with Crippen molar-refractivity contribution in [2.24, 2.45) is 4.99 Å². The summed E-state index contributed by atoms with van der Waals surface area (Å²) in [6, 6.07) is 0.435. The normalized spacial score (nSPS) is 21.0. The Morgan fingerprint density at radius 1 is 1.58 bits per heavy atom. The third kappa shape index (κ3) is 2.68. The van der Waals surface area contributed by atoms with Gasteiger partial charge in [-0.25, -0.2) is 0 Å². The second-order valence-electron chi connectivity index (χ2n) is 3.44. The fourth-order valence-electron chi connectivity index (χ4n) is 1.37. The molecule has 0 aromatic carbocycles. The molecule has 0 unspecified atom stereocenters. The van der Waals surface area contributed by atoms with Gasteiger partial charge in [0.2, 0.25) is 0 Å². The first kappa shape index (κ1) is 9.30. The van der Waals surface area contributed by atoms with Gasteiger partial charge in [-0.2, -0.15) is 0 Å². The van der Waals surface area contributed by atoms with Crippen LogP contribution in [0.4, 0.5) is 0 Å². The zero-order valence-corrected chi connectivity index (χ0v) is 8.25. The van der Waals surface area contributed by atoms with Crippen molar-refractivity contribution in [3.05, 3.63) is 12.3 Å². The number of allylic oxidation sites excluding steroid dienone is 1. The largest absolute Gasteiger partial charge is 0.372 e. The van der Waals surface area contributed by atoms with E-state index in [0.717, 1.165) is 19.5 Å². The van der Waals surface area contributed by atoms with Crippen molar-refractivity contribution in [2.75, 3.05) is 13.1 Å². The molecule has 0 N–H and O–H groups in total. The van der Waals surface area contributed by atoms with Gasteiger partial charge in [0.25, 0.3) is 0 Å². The van der Waals surface area contributed by atoms with Crippen LogP contribution < -0.4 is 0 Å². The number of nitrogens with zero attached hydrogens (tertiary/aromatic N) is 2.